The van der Waals surface area contributed by atoms with Gasteiger partial charge in [-0.15, -0.1) is 0 Å². The molecule has 4 aromatic rings. The van der Waals surface area contributed by atoms with Gasteiger partial charge < -0.3 is 4.74 Å². The molecule has 4 rings (SSSR count). The van der Waals surface area contributed by atoms with Gasteiger partial charge in [0.2, 0.25) is 0 Å². The molecule has 0 spiro atoms. The molecule has 0 saturated carbocycles. The normalized spacial score (nSPS) is 12.6. The lowest BCUT2D eigenvalue weighted by Gasteiger charge is -2.17. The molecular formula is C31H34Cl2N2O4S. The summed E-state index contributed by atoms with van der Waals surface area (Å²) in [5, 5.41) is 5.60. The number of aromatic nitrogens is 2. The van der Waals surface area contributed by atoms with Crippen molar-refractivity contribution in [1.29, 1.82) is 0 Å². The van der Waals surface area contributed by atoms with Crippen LogP contribution in [0.25, 0.3) is 5.69 Å². The molecule has 0 aliphatic heterocycles. The van der Waals surface area contributed by atoms with Crippen LogP contribution in [-0.2, 0) is 20.9 Å². The van der Waals surface area contributed by atoms with E-state index in [0.717, 1.165) is 33.7 Å². The quantitative estimate of drug-likeness (QED) is 0.162. The minimum atomic E-state index is -3.78. The average Bonchev–Trinajstić information content (AvgIpc) is 3.31. The summed E-state index contributed by atoms with van der Waals surface area (Å²) in [5.74, 6) is 1.05. The van der Waals surface area contributed by atoms with Gasteiger partial charge >= 0.3 is 0 Å². The smallest absolute Gasteiger partial charge is 0.296 e. The van der Waals surface area contributed by atoms with Crippen molar-refractivity contribution in [2.75, 3.05) is 6.61 Å². The van der Waals surface area contributed by atoms with Crippen LogP contribution in [0.15, 0.2) is 71.8 Å². The molecule has 0 aliphatic rings. The lowest BCUT2D eigenvalue weighted by Crippen LogP contribution is -2.10. The third-order valence-corrected chi connectivity index (χ3v) is 8.86. The second-order valence-corrected chi connectivity index (χ2v) is 12.7. The third kappa shape index (κ3) is 6.89. The van der Waals surface area contributed by atoms with Gasteiger partial charge in [0.15, 0.2) is 0 Å². The molecule has 6 nitrogen and oxygen atoms in total. The molecule has 1 heterocycles. The first-order valence-corrected chi connectivity index (χ1v) is 15.3. The molecule has 0 amide bonds. The number of halogens is 2. The van der Waals surface area contributed by atoms with Crippen molar-refractivity contribution in [3.8, 4) is 11.4 Å². The number of rotatable bonds is 11. The topological polar surface area (TPSA) is 70.4 Å². The van der Waals surface area contributed by atoms with E-state index in [-0.39, 0.29) is 29.9 Å². The molecular weight excluding hydrogens is 567 g/mol. The molecule has 9 heteroatoms. The lowest BCUT2D eigenvalue weighted by atomic mass is 9.94. The lowest BCUT2D eigenvalue weighted by molar-refractivity contribution is 0.295. The number of nitrogens with zero attached hydrogens (tertiary/aromatic N) is 2. The SMILES string of the molecule is Cc1ccc(S(=O)(=O)OCCC(C)c2ccc(OCc3c(C(C)C)cnn3-c3c(Cl)cccc3Cl)cc2C)cc1. The summed E-state index contributed by atoms with van der Waals surface area (Å²) in [7, 11) is -3.78. The Morgan fingerprint density at radius 2 is 1.60 bits per heavy atom. The van der Waals surface area contributed by atoms with Crippen LogP contribution in [0.5, 0.6) is 5.75 Å². The Morgan fingerprint density at radius 1 is 0.925 bits per heavy atom. The highest BCUT2D eigenvalue weighted by atomic mass is 35.5. The van der Waals surface area contributed by atoms with E-state index in [1.54, 1.807) is 47.1 Å². The molecule has 1 atom stereocenters. The molecule has 1 unspecified atom stereocenters. The van der Waals surface area contributed by atoms with Crippen molar-refractivity contribution >= 4 is 33.3 Å². The summed E-state index contributed by atoms with van der Waals surface area (Å²) >= 11 is 13.0. The van der Waals surface area contributed by atoms with Gasteiger partial charge in [0, 0.05) is 0 Å². The van der Waals surface area contributed by atoms with E-state index in [4.69, 9.17) is 32.1 Å². The monoisotopic (exact) mass is 600 g/mol. The Labute approximate surface area is 247 Å². The minimum Gasteiger partial charge on any atom is -0.487 e. The maximum atomic E-state index is 12.5. The van der Waals surface area contributed by atoms with Crippen LogP contribution < -0.4 is 4.74 Å². The summed E-state index contributed by atoms with van der Waals surface area (Å²) in [6.45, 7) is 10.6. The molecule has 0 N–H and O–H groups in total. The predicted octanol–water partition coefficient (Wildman–Crippen LogP) is 8.40. The Balaban J connectivity index is 1.43. The first-order valence-electron chi connectivity index (χ1n) is 13.2. The van der Waals surface area contributed by atoms with E-state index in [0.29, 0.717) is 22.2 Å². The van der Waals surface area contributed by atoms with E-state index in [1.165, 1.54) is 0 Å². The molecule has 212 valence electrons. The third-order valence-electron chi connectivity index (χ3n) is 6.92. The molecule has 0 saturated heterocycles. The van der Waals surface area contributed by atoms with Gasteiger partial charge in [0.05, 0.1) is 33.4 Å². The Morgan fingerprint density at radius 3 is 2.23 bits per heavy atom. The van der Waals surface area contributed by atoms with Crippen LogP contribution in [0.2, 0.25) is 10.0 Å². The highest BCUT2D eigenvalue weighted by molar-refractivity contribution is 7.86. The molecule has 40 heavy (non-hydrogen) atoms. The van der Waals surface area contributed by atoms with Crippen molar-refractivity contribution in [2.45, 2.75) is 64.4 Å². The first-order chi connectivity index (χ1) is 19.0. The maximum Gasteiger partial charge on any atom is 0.296 e. The molecule has 0 aliphatic carbocycles. The van der Waals surface area contributed by atoms with E-state index in [2.05, 4.69) is 25.9 Å². The second-order valence-electron chi connectivity index (χ2n) is 10.3. The van der Waals surface area contributed by atoms with Crippen LogP contribution in [0, 0.1) is 13.8 Å². The Kier molecular flexibility index (Phi) is 9.62. The summed E-state index contributed by atoms with van der Waals surface area (Å²) < 4.78 is 38.3. The highest BCUT2D eigenvalue weighted by Crippen LogP contribution is 2.33. The predicted molar refractivity (Wildman–Crippen MR) is 161 cm³/mol. The van der Waals surface area contributed by atoms with Crippen molar-refractivity contribution < 1.29 is 17.3 Å². The largest absolute Gasteiger partial charge is 0.487 e. The summed E-state index contributed by atoms with van der Waals surface area (Å²) in [6.07, 6.45) is 2.39. The number of hydrogen-bond acceptors (Lipinski definition) is 5. The first kappa shape index (κ1) is 30.1. The Hall–Kier alpha value is -2.84. The molecule has 3 aromatic carbocycles. The summed E-state index contributed by atoms with van der Waals surface area (Å²) in [5.41, 5.74) is 5.72. The number of benzene rings is 3. The highest BCUT2D eigenvalue weighted by Gasteiger charge is 2.20. The van der Waals surface area contributed by atoms with Gasteiger partial charge in [-0.1, -0.05) is 73.8 Å². The van der Waals surface area contributed by atoms with E-state index in [1.807, 2.05) is 38.2 Å². The van der Waals surface area contributed by atoms with Gasteiger partial charge in [0.25, 0.3) is 10.1 Å². The van der Waals surface area contributed by atoms with Crippen molar-refractivity contribution in [3.05, 3.63) is 105 Å². The zero-order valence-electron chi connectivity index (χ0n) is 23.3. The molecule has 0 fully saturated rings. The molecule has 0 radical (unpaired) electrons. The van der Waals surface area contributed by atoms with Crippen molar-refractivity contribution in [1.82, 2.24) is 9.78 Å². The van der Waals surface area contributed by atoms with Gasteiger partial charge in [-0.25, -0.2) is 4.68 Å². The zero-order chi connectivity index (χ0) is 29.0. The van der Waals surface area contributed by atoms with E-state index in [9.17, 15) is 8.42 Å². The van der Waals surface area contributed by atoms with Gasteiger partial charge in [0.1, 0.15) is 18.0 Å². The van der Waals surface area contributed by atoms with Gasteiger partial charge in [-0.2, -0.15) is 13.5 Å². The standard InChI is InChI=1S/C31H34Cl2N2O4S/c1-20(2)27-18-34-35(31-28(32)7-6-8-29(31)33)30(27)19-38-24-11-14-26(23(5)17-24)22(4)15-16-39-40(36,37)25-12-9-21(3)10-13-25/h6-14,17-18,20,22H,15-16,19H2,1-5H3. The summed E-state index contributed by atoms with van der Waals surface area (Å²) in [6, 6.07) is 18.0. The minimum absolute atomic E-state index is 0.0959. The van der Waals surface area contributed by atoms with Crippen LogP contribution in [0.3, 0.4) is 0 Å². The fourth-order valence-corrected chi connectivity index (χ4v) is 6.08. The van der Waals surface area contributed by atoms with Crippen LogP contribution in [-0.4, -0.2) is 24.8 Å². The number of para-hydroxylation sites is 1. The number of aryl methyl sites for hydroxylation is 2. The number of ether oxygens (including phenoxy) is 1. The van der Waals surface area contributed by atoms with Crippen LogP contribution in [0.1, 0.15) is 67.0 Å². The second kappa shape index (κ2) is 12.8. The van der Waals surface area contributed by atoms with Crippen LogP contribution in [0.4, 0.5) is 0 Å². The van der Waals surface area contributed by atoms with E-state index >= 15 is 0 Å². The summed E-state index contributed by atoms with van der Waals surface area (Å²) in [4.78, 5) is 0.169. The Bertz CT molecular complexity index is 1560. The zero-order valence-corrected chi connectivity index (χ0v) is 25.6. The van der Waals surface area contributed by atoms with Crippen molar-refractivity contribution in [2.24, 2.45) is 0 Å². The van der Waals surface area contributed by atoms with Crippen LogP contribution >= 0.6 is 23.2 Å². The maximum absolute atomic E-state index is 12.5. The number of hydrogen-bond donors (Lipinski definition) is 0. The van der Waals surface area contributed by atoms with E-state index < -0.39 is 10.1 Å². The van der Waals surface area contributed by atoms with Crippen molar-refractivity contribution in [3.63, 3.8) is 0 Å². The fraction of sp³-hybridized carbons (Fsp3) is 0.323. The average molecular weight is 602 g/mol. The van der Waals surface area contributed by atoms with Gasteiger partial charge in [-0.05, 0) is 85.2 Å². The molecule has 0 bridgehead atoms. The fourth-order valence-electron chi connectivity index (χ4n) is 4.60. The van der Waals surface area contributed by atoms with Gasteiger partial charge in [-0.3, -0.25) is 4.18 Å². The molecule has 1 aromatic heterocycles.